The maximum atomic E-state index is 12.1. The highest BCUT2D eigenvalue weighted by Gasteiger charge is 2.32. The second-order valence-electron chi connectivity index (χ2n) is 4.49. The Kier molecular flexibility index (Phi) is 4.21. The van der Waals surface area contributed by atoms with Gasteiger partial charge in [0.05, 0.1) is 12.5 Å². The highest BCUT2D eigenvalue weighted by Crippen LogP contribution is 2.17. The second kappa shape index (κ2) is 5.52. The number of amides is 1. The molecule has 1 unspecified atom stereocenters. The Labute approximate surface area is 107 Å². The van der Waals surface area contributed by atoms with Gasteiger partial charge < -0.3 is 9.64 Å². The van der Waals surface area contributed by atoms with E-state index in [4.69, 9.17) is 4.74 Å². The summed E-state index contributed by atoms with van der Waals surface area (Å²) < 4.78 is 32.0. The highest BCUT2D eigenvalue weighted by atomic mass is 32.2. The number of hydrogen-bond donors (Lipinski definition) is 1. The fourth-order valence-corrected chi connectivity index (χ4v) is 3.17. The first-order valence-electron chi connectivity index (χ1n) is 6.10. The minimum absolute atomic E-state index is 0.0440. The van der Waals surface area contributed by atoms with E-state index in [0.29, 0.717) is 39.4 Å². The molecule has 7 nitrogen and oxygen atoms in total. The quantitative estimate of drug-likeness (QED) is 0.690. The van der Waals surface area contributed by atoms with Gasteiger partial charge in [-0.3, -0.25) is 4.79 Å². The lowest BCUT2D eigenvalue weighted by molar-refractivity contribution is -0.136. The van der Waals surface area contributed by atoms with E-state index in [0.717, 1.165) is 6.42 Å². The molecule has 0 aliphatic carbocycles. The van der Waals surface area contributed by atoms with Crippen molar-refractivity contribution < 1.29 is 17.9 Å². The third-order valence-electron chi connectivity index (χ3n) is 3.43. The molecule has 18 heavy (non-hydrogen) atoms. The topological polar surface area (TPSA) is 79.0 Å². The van der Waals surface area contributed by atoms with Crippen LogP contribution in [0, 0.1) is 5.92 Å². The summed E-state index contributed by atoms with van der Waals surface area (Å²) in [4.78, 5) is 13.8. The number of rotatable bonds is 3. The molecule has 2 aliphatic rings. The summed E-state index contributed by atoms with van der Waals surface area (Å²) in [6.07, 6.45) is 0.772. The predicted octanol–water partition coefficient (Wildman–Crippen LogP) is -1.37. The summed E-state index contributed by atoms with van der Waals surface area (Å²) in [5.41, 5.74) is 0. The van der Waals surface area contributed by atoms with Crippen molar-refractivity contribution in [1.82, 2.24) is 13.9 Å². The third-order valence-corrected chi connectivity index (χ3v) is 4.99. The molecule has 0 radical (unpaired) electrons. The first-order valence-corrected chi connectivity index (χ1v) is 7.54. The van der Waals surface area contributed by atoms with Gasteiger partial charge in [0.2, 0.25) is 5.91 Å². The minimum Gasteiger partial charge on any atom is -0.381 e. The fraction of sp³-hybridized carbons (Fsp3) is 0.900. The number of carbonyl (C=O) groups is 1. The zero-order valence-electron chi connectivity index (χ0n) is 10.5. The molecule has 1 N–H and O–H groups in total. The van der Waals surface area contributed by atoms with E-state index in [1.165, 1.54) is 11.4 Å². The maximum Gasteiger partial charge on any atom is 0.279 e. The summed E-state index contributed by atoms with van der Waals surface area (Å²) in [6.45, 7) is 2.75. The second-order valence-corrected chi connectivity index (χ2v) is 6.37. The molecule has 8 heteroatoms. The molecule has 0 spiro atoms. The minimum atomic E-state index is -3.37. The average molecular weight is 277 g/mol. The fourth-order valence-electron chi connectivity index (χ4n) is 2.27. The zero-order valence-corrected chi connectivity index (χ0v) is 11.3. The van der Waals surface area contributed by atoms with Crippen LogP contribution < -0.4 is 4.72 Å². The third kappa shape index (κ3) is 2.82. The van der Waals surface area contributed by atoms with Gasteiger partial charge in [-0.15, -0.1) is 0 Å². The monoisotopic (exact) mass is 277 g/mol. The van der Waals surface area contributed by atoms with Gasteiger partial charge in [-0.1, -0.05) is 0 Å². The smallest absolute Gasteiger partial charge is 0.279 e. The Morgan fingerprint density at radius 2 is 1.94 bits per heavy atom. The number of nitrogens with zero attached hydrogens (tertiary/aromatic N) is 2. The first-order chi connectivity index (χ1) is 8.54. The first kappa shape index (κ1) is 13.7. The van der Waals surface area contributed by atoms with Crippen molar-refractivity contribution in [2.24, 2.45) is 5.92 Å². The number of carbonyl (C=O) groups excluding carboxylic acids is 1. The molecule has 2 rings (SSSR count). The summed E-state index contributed by atoms with van der Waals surface area (Å²) in [5.74, 6) is 0.0477. The number of hydrogen-bond acceptors (Lipinski definition) is 4. The van der Waals surface area contributed by atoms with Crippen molar-refractivity contribution in [3.05, 3.63) is 0 Å². The maximum absolute atomic E-state index is 12.1. The molecule has 0 aromatic rings. The Hall–Kier alpha value is -0.700. The van der Waals surface area contributed by atoms with Crippen molar-refractivity contribution >= 4 is 16.1 Å². The van der Waals surface area contributed by atoms with Crippen molar-refractivity contribution in [2.45, 2.75) is 6.42 Å². The van der Waals surface area contributed by atoms with Gasteiger partial charge in [-0.25, -0.2) is 4.72 Å². The highest BCUT2D eigenvalue weighted by molar-refractivity contribution is 7.87. The molecule has 2 heterocycles. The normalized spacial score (nSPS) is 26.5. The van der Waals surface area contributed by atoms with Gasteiger partial charge >= 0.3 is 0 Å². The SMILES string of the molecule is CNS(=O)(=O)N1CCN(C(=O)C2CCOC2)CC1. The van der Waals surface area contributed by atoms with E-state index in [9.17, 15) is 13.2 Å². The molecule has 2 saturated heterocycles. The van der Waals surface area contributed by atoms with Gasteiger partial charge in [-0.05, 0) is 6.42 Å². The number of nitrogens with one attached hydrogen (secondary N) is 1. The van der Waals surface area contributed by atoms with Crippen LogP contribution in [-0.2, 0) is 19.7 Å². The van der Waals surface area contributed by atoms with Crippen molar-refractivity contribution in [3.8, 4) is 0 Å². The molecule has 2 fully saturated rings. The molecule has 2 aliphatic heterocycles. The summed E-state index contributed by atoms with van der Waals surface area (Å²) in [6, 6.07) is 0. The van der Waals surface area contributed by atoms with Gasteiger partial charge in [0.15, 0.2) is 0 Å². The van der Waals surface area contributed by atoms with Gasteiger partial charge in [0.1, 0.15) is 0 Å². The van der Waals surface area contributed by atoms with Crippen LogP contribution >= 0.6 is 0 Å². The predicted molar refractivity (Wildman–Crippen MR) is 65.1 cm³/mol. The standard InChI is InChI=1S/C10H19N3O4S/c1-11-18(15,16)13-5-3-12(4-6-13)10(14)9-2-7-17-8-9/h9,11H,2-8H2,1H3. The van der Waals surface area contributed by atoms with Crippen molar-refractivity contribution in [1.29, 1.82) is 0 Å². The van der Waals surface area contributed by atoms with E-state index < -0.39 is 10.2 Å². The number of piperazine rings is 1. The van der Waals surface area contributed by atoms with Crippen LogP contribution in [0.1, 0.15) is 6.42 Å². The summed E-state index contributed by atoms with van der Waals surface area (Å²) in [5, 5.41) is 0. The van der Waals surface area contributed by atoms with E-state index >= 15 is 0 Å². The van der Waals surface area contributed by atoms with Crippen LogP contribution in [0.25, 0.3) is 0 Å². The molecule has 0 aromatic carbocycles. The van der Waals surface area contributed by atoms with Crippen LogP contribution in [-0.4, -0.2) is 70.0 Å². The molecular weight excluding hydrogens is 258 g/mol. The van der Waals surface area contributed by atoms with Crippen LogP contribution in [0.15, 0.2) is 0 Å². The van der Waals surface area contributed by atoms with E-state index in [1.807, 2.05) is 0 Å². The molecule has 0 aromatic heterocycles. The molecule has 1 atom stereocenters. The molecule has 104 valence electrons. The van der Waals surface area contributed by atoms with Crippen molar-refractivity contribution in [2.75, 3.05) is 46.4 Å². The Morgan fingerprint density at radius 1 is 1.28 bits per heavy atom. The Morgan fingerprint density at radius 3 is 2.44 bits per heavy atom. The molecular formula is C10H19N3O4S. The van der Waals surface area contributed by atoms with E-state index in [-0.39, 0.29) is 11.8 Å². The van der Waals surface area contributed by atoms with Crippen LogP contribution in [0.3, 0.4) is 0 Å². The Bertz CT molecular complexity index is 397. The van der Waals surface area contributed by atoms with Crippen LogP contribution in [0.5, 0.6) is 0 Å². The largest absolute Gasteiger partial charge is 0.381 e. The zero-order chi connectivity index (χ0) is 13.2. The van der Waals surface area contributed by atoms with Crippen molar-refractivity contribution in [3.63, 3.8) is 0 Å². The van der Waals surface area contributed by atoms with Crippen LogP contribution in [0.4, 0.5) is 0 Å². The van der Waals surface area contributed by atoms with E-state index in [2.05, 4.69) is 4.72 Å². The lowest BCUT2D eigenvalue weighted by Crippen LogP contribution is -2.53. The molecule has 0 saturated carbocycles. The van der Waals surface area contributed by atoms with Gasteiger partial charge in [0, 0.05) is 39.8 Å². The van der Waals surface area contributed by atoms with Crippen LogP contribution in [0.2, 0.25) is 0 Å². The Balaban J connectivity index is 1.88. The molecule has 1 amide bonds. The summed E-state index contributed by atoms with van der Waals surface area (Å²) >= 11 is 0. The molecule has 0 bridgehead atoms. The average Bonchev–Trinajstić information content (AvgIpc) is 2.92. The van der Waals surface area contributed by atoms with Gasteiger partial charge in [0.25, 0.3) is 10.2 Å². The van der Waals surface area contributed by atoms with Gasteiger partial charge in [-0.2, -0.15) is 12.7 Å². The summed E-state index contributed by atoms with van der Waals surface area (Å²) in [7, 11) is -1.98. The lowest BCUT2D eigenvalue weighted by atomic mass is 10.1. The number of ether oxygens (including phenoxy) is 1. The lowest BCUT2D eigenvalue weighted by Gasteiger charge is -2.34. The van der Waals surface area contributed by atoms with E-state index in [1.54, 1.807) is 4.90 Å².